The zero-order valence-corrected chi connectivity index (χ0v) is 9.73. The third-order valence-corrected chi connectivity index (χ3v) is 2.80. The Bertz CT molecular complexity index is 569. The standard InChI is InChI=1S/C14H11F2NO/c1-9(10-4-6-17-7-5-10)14(18)11-2-3-12(15)13(16)8-11/h2-9H,1H3. The molecule has 0 amide bonds. The maximum absolute atomic E-state index is 13.1. The van der Waals surface area contributed by atoms with Gasteiger partial charge < -0.3 is 0 Å². The predicted octanol–water partition coefficient (Wildman–Crippen LogP) is 3.35. The summed E-state index contributed by atoms with van der Waals surface area (Å²) >= 11 is 0. The number of Topliss-reactive ketones (excluding diaryl/α,β-unsaturated/α-hetero) is 1. The van der Waals surface area contributed by atoms with Gasteiger partial charge in [-0.1, -0.05) is 6.92 Å². The van der Waals surface area contributed by atoms with Gasteiger partial charge in [0.25, 0.3) is 0 Å². The number of pyridine rings is 1. The van der Waals surface area contributed by atoms with Crippen LogP contribution in [-0.2, 0) is 0 Å². The van der Waals surface area contributed by atoms with E-state index in [9.17, 15) is 13.6 Å². The van der Waals surface area contributed by atoms with E-state index >= 15 is 0 Å². The Balaban J connectivity index is 2.29. The third-order valence-electron chi connectivity index (χ3n) is 2.80. The van der Waals surface area contributed by atoms with E-state index in [4.69, 9.17) is 0 Å². The minimum absolute atomic E-state index is 0.165. The Hall–Kier alpha value is -2.10. The van der Waals surface area contributed by atoms with E-state index in [0.717, 1.165) is 17.7 Å². The number of rotatable bonds is 3. The fraction of sp³-hybridized carbons (Fsp3) is 0.143. The number of ketones is 1. The van der Waals surface area contributed by atoms with Gasteiger partial charge in [0.1, 0.15) is 0 Å². The summed E-state index contributed by atoms with van der Waals surface area (Å²) in [6, 6.07) is 6.63. The van der Waals surface area contributed by atoms with Crippen LogP contribution < -0.4 is 0 Å². The van der Waals surface area contributed by atoms with Crippen molar-refractivity contribution in [2.45, 2.75) is 12.8 Å². The Labute approximate surface area is 103 Å². The molecule has 0 aliphatic rings. The van der Waals surface area contributed by atoms with Crippen LogP contribution in [0.25, 0.3) is 0 Å². The highest BCUT2D eigenvalue weighted by atomic mass is 19.2. The molecule has 1 heterocycles. The summed E-state index contributed by atoms with van der Waals surface area (Å²) in [5.41, 5.74) is 0.956. The Morgan fingerprint density at radius 2 is 1.78 bits per heavy atom. The molecule has 18 heavy (non-hydrogen) atoms. The quantitative estimate of drug-likeness (QED) is 0.778. The lowest BCUT2D eigenvalue weighted by Crippen LogP contribution is -2.10. The fourth-order valence-corrected chi connectivity index (χ4v) is 1.70. The SMILES string of the molecule is CC(C(=O)c1ccc(F)c(F)c1)c1ccncc1. The topological polar surface area (TPSA) is 30.0 Å². The van der Waals surface area contributed by atoms with E-state index in [0.29, 0.717) is 0 Å². The molecule has 2 aromatic rings. The van der Waals surface area contributed by atoms with Crippen molar-refractivity contribution in [3.63, 3.8) is 0 Å². The summed E-state index contributed by atoms with van der Waals surface area (Å²) < 4.78 is 25.9. The van der Waals surface area contributed by atoms with E-state index in [1.54, 1.807) is 31.5 Å². The Morgan fingerprint density at radius 3 is 2.39 bits per heavy atom. The van der Waals surface area contributed by atoms with Gasteiger partial charge in [0.05, 0.1) is 0 Å². The molecule has 2 nitrogen and oxygen atoms in total. The molecule has 0 N–H and O–H groups in total. The maximum Gasteiger partial charge on any atom is 0.170 e. The molecule has 92 valence electrons. The van der Waals surface area contributed by atoms with Crippen LogP contribution in [0.5, 0.6) is 0 Å². The second-order valence-electron chi connectivity index (χ2n) is 4.00. The van der Waals surface area contributed by atoms with Crippen molar-refractivity contribution in [1.82, 2.24) is 4.98 Å². The van der Waals surface area contributed by atoms with Crippen LogP contribution in [0.15, 0.2) is 42.7 Å². The molecule has 1 atom stereocenters. The van der Waals surface area contributed by atoms with E-state index in [2.05, 4.69) is 4.98 Å². The van der Waals surface area contributed by atoms with Gasteiger partial charge in [-0.15, -0.1) is 0 Å². The molecule has 0 aliphatic carbocycles. The van der Waals surface area contributed by atoms with Crippen molar-refractivity contribution in [3.8, 4) is 0 Å². The van der Waals surface area contributed by atoms with Gasteiger partial charge in [0.2, 0.25) is 0 Å². The molecule has 0 aliphatic heterocycles. The largest absolute Gasteiger partial charge is 0.294 e. The average molecular weight is 247 g/mol. The molecule has 0 bridgehead atoms. The fourth-order valence-electron chi connectivity index (χ4n) is 1.70. The zero-order chi connectivity index (χ0) is 13.1. The van der Waals surface area contributed by atoms with Gasteiger partial charge in [-0.05, 0) is 35.9 Å². The van der Waals surface area contributed by atoms with Gasteiger partial charge in [-0.25, -0.2) is 8.78 Å². The minimum atomic E-state index is -1.01. The van der Waals surface area contributed by atoms with E-state index in [1.807, 2.05) is 0 Å². The van der Waals surface area contributed by atoms with Crippen LogP contribution in [0.4, 0.5) is 8.78 Å². The zero-order valence-electron chi connectivity index (χ0n) is 9.73. The summed E-state index contributed by atoms with van der Waals surface area (Å²) in [5.74, 6) is -2.64. The van der Waals surface area contributed by atoms with Gasteiger partial charge in [0, 0.05) is 23.9 Å². The number of aromatic nitrogens is 1. The molecule has 2 rings (SSSR count). The van der Waals surface area contributed by atoms with Crippen LogP contribution in [0.2, 0.25) is 0 Å². The second-order valence-corrected chi connectivity index (χ2v) is 4.00. The maximum atomic E-state index is 13.1. The molecule has 1 unspecified atom stereocenters. The average Bonchev–Trinajstić information content (AvgIpc) is 2.41. The molecular formula is C14H11F2NO. The van der Waals surface area contributed by atoms with Gasteiger partial charge in [-0.3, -0.25) is 9.78 Å². The lowest BCUT2D eigenvalue weighted by atomic mass is 9.93. The van der Waals surface area contributed by atoms with Gasteiger partial charge in [0.15, 0.2) is 17.4 Å². The van der Waals surface area contributed by atoms with Gasteiger partial charge >= 0.3 is 0 Å². The predicted molar refractivity (Wildman–Crippen MR) is 63.3 cm³/mol. The van der Waals surface area contributed by atoms with Crippen LogP contribution in [0.3, 0.4) is 0 Å². The Morgan fingerprint density at radius 1 is 1.11 bits per heavy atom. The molecule has 0 fully saturated rings. The van der Waals surface area contributed by atoms with Gasteiger partial charge in [-0.2, -0.15) is 0 Å². The monoisotopic (exact) mass is 247 g/mol. The van der Waals surface area contributed by atoms with Crippen molar-refractivity contribution in [1.29, 1.82) is 0 Å². The highest BCUT2D eigenvalue weighted by Crippen LogP contribution is 2.20. The lowest BCUT2D eigenvalue weighted by Gasteiger charge is -2.10. The third kappa shape index (κ3) is 2.42. The number of carbonyl (C=O) groups is 1. The highest BCUT2D eigenvalue weighted by Gasteiger charge is 2.18. The summed E-state index contributed by atoms with van der Waals surface area (Å²) in [6.45, 7) is 1.72. The van der Waals surface area contributed by atoms with Crippen molar-refractivity contribution >= 4 is 5.78 Å². The molecule has 4 heteroatoms. The molecule has 0 saturated heterocycles. The van der Waals surface area contributed by atoms with E-state index in [1.165, 1.54) is 6.07 Å². The first kappa shape index (κ1) is 12.4. The van der Waals surface area contributed by atoms with Crippen molar-refractivity contribution in [2.75, 3.05) is 0 Å². The highest BCUT2D eigenvalue weighted by molar-refractivity contribution is 6.00. The first-order chi connectivity index (χ1) is 8.59. The lowest BCUT2D eigenvalue weighted by molar-refractivity contribution is 0.0965. The number of carbonyl (C=O) groups excluding carboxylic acids is 1. The van der Waals surface area contributed by atoms with Crippen LogP contribution in [-0.4, -0.2) is 10.8 Å². The normalized spacial score (nSPS) is 12.2. The molecule has 1 aromatic carbocycles. The molecule has 0 spiro atoms. The smallest absolute Gasteiger partial charge is 0.170 e. The van der Waals surface area contributed by atoms with Crippen LogP contribution in [0, 0.1) is 11.6 Å². The minimum Gasteiger partial charge on any atom is -0.294 e. The molecule has 0 saturated carbocycles. The van der Waals surface area contributed by atoms with Crippen molar-refractivity contribution in [2.24, 2.45) is 0 Å². The van der Waals surface area contributed by atoms with Crippen molar-refractivity contribution < 1.29 is 13.6 Å². The van der Waals surface area contributed by atoms with Crippen LogP contribution >= 0.6 is 0 Å². The summed E-state index contributed by atoms with van der Waals surface area (Å²) in [6.07, 6.45) is 3.18. The van der Waals surface area contributed by atoms with Crippen LogP contribution in [0.1, 0.15) is 28.8 Å². The van der Waals surface area contributed by atoms with Crippen molar-refractivity contribution in [3.05, 3.63) is 65.5 Å². The summed E-state index contributed by atoms with van der Waals surface area (Å²) in [4.78, 5) is 16.0. The number of hydrogen-bond acceptors (Lipinski definition) is 2. The molecular weight excluding hydrogens is 236 g/mol. The number of halogens is 2. The second kappa shape index (κ2) is 5.04. The summed E-state index contributed by atoms with van der Waals surface area (Å²) in [5, 5.41) is 0. The van der Waals surface area contributed by atoms with E-state index in [-0.39, 0.29) is 11.3 Å². The van der Waals surface area contributed by atoms with E-state index < -0.39 is 17.6 Å². The Kier molecular flexibility index (Phi) is 3.46. The summed E-state index contributed by atoms with van der Waals surface area (Å²) in [7, 11) is 0. The molecule has 0 radical (unpaired) electrons. The number of hydrogen-bond donors (Lipinski definition) is 0. The number of benzene rings is 1. The first-order valence-electron chi connectivity index (χ1n) is 5.49. The first-order valence-corrected chi connectivity index (χ1v) is 5.49. The molecule has 1 aromatic heterocycles. The number of nitrogens with zero attached hydrogens (tertiary/aromatic N) is 1.